The highest BCUT2D eigenvalue weighted by molar-refractivity contribution is 7.92. The number of rotatable bonds is 10. The molecule has 0 saturated heterocycles. The molecule has 4 aromatic rings. The Kier molecular flexibility index (Phi) is 6.76. The molecule has 39 heavy (non-hydrogen) atoms. The molecule has 0 unspecified atom stereocenters. The lowest BCUT2D eigenvalue weighted by molar-refractivity contribution is 0.192. The van der Waals surface area contributed by atoms with Gasteiger partial charge in [0.05, 0.1) is 24.0 Å². The van der Waals surface area contributed by atoms with Crippen LogP contribution in [-0.4, -0.2) is 53.7 Å². The number of benzene rings is 2. The van der Waals surface area contributed by atoms with Gasteiger partial charge in [-0.1, -0.05) is 45.0 Å². The zero-order valence-corrected chi connectivity index (χ0v) is 22.4. The summed E-state index contributed by atoms with van der Waals surface area (Å²) in [5, 5.41) is 9.83. The van der Waals surface area contributed by atoms with Crippen molar-refractivity contribution in [1.82, 2.24) is 19.9 Å². The first-order chi connectivity index (χ1) is 20.0. The predicted molar refractivity (Wildman–Crippen MR) is 145 cm³/mol. The Balaban J connectivity index is 1.93. The van der Waals surface area contributed by atoms with Crippen molar-refractivity contribution in [2.45, 2.75) is 31.1 Å². The van der Waals surface area contributed by atoms with Crippen LogP contribution in [0.3, 0.4) is 0 Å². The second kappa shape index (κ2) is 11.6. The highest BCUT2D eigenvalue weighted by atomic mass is 32.2. The van der Waals surface area contributed by atoms with Crippen molar-refractivity contribution in [3.05, 3.63) is 72.6 Å². The molecule has 0 radical (unpaired) electrons. The van der Waals surface area contributed by atoms with E-state index >= 15 is 0 Å². The molecule has 2 heterocycles. The van der Waals surface area contributed by atoms with Crippen LogP contribution in [-0.2, 0) is 15.4 Å². The average molecular weight is 556 g/mol. The second-order valence-electron chi connectivity index (χ2n) is 9.05. The summed E-state index contributed by atoms with van der Waals surface area (Å²) >= 11 is 0. The highest BCUT2D eigenvalue weighted by Crippen LogP contribution is 2.41. The van der Waals surface area contributed by atoms with Crippen molar-refractivity contribution < 1.29 is 33.2 Å². The quantitative estimate of drug-likeness (QED) is 0.292. The van der Waals surface area contributed by atoms with Crippen LogP contribution in [0.25, 0.3) is 11.6 Å². The van der Waals surface area contributed by atoms with Gasteiger partial charge in [-0.25, -0.2) is 23.4 Å². The summed E-state index contributed by atoms with van der Waals surface area (Å²) in [7, 11) is -2.99. The maximum Gasteiger partial charge on any atom is 0.263 e. The van der Waals surface area contributed by atoms with Crippen molar-refractivity contribution in [1.29, 1.82) is 0 Å². The van der Waals surface area contributed by atoms with Crippen LogP contribution in [0.4, 0.5) is 5.82 Å². The zero-order valence-electron chi connectivity index (χ0n) is 25.5. The molecule has 11 nitrogen and oxygen atoms in total. The fourth-order valence-electron chi connectivity index (χ4n) is 3.38. The number of ether oxygens (including phenoxy) is 3. The Hall–Kier alpha value is -4.29. The number of hydrogen-bond acceptors (Lipinski definition) is 10. The molecule has 0 spiro atoms. The van der Waals surface area contributed by atoms with Gasteiger partial charge < -0.3 is 19.3 Å². The molecule has 0 bridgehead atoms. The van der Waals surface area contributed by atoms with Crippen molar-refractivity contribution >= 4 is 15.8 Å². The molecule has 0 aliphatic rings. The first-order valence-electron chi connectivity index (χ1n) is 13.6. The maximum absolute atomic E-state index is 13.6. The smallest absolute Gasteiger partial charge is 0.263 e. The lowest BCUT2D eigenvalue weighted by Gasteiger charge is -2.20. The minimum Gasteiger partial charge on any atom is -0.493 e. The summed E-state index contributed by atoms with van der Waals surface area (Å²) < 4.78 is 77.0. The SMILES string of the molecule is [2H]C([2H])(O)C([2H])([2H])Oc1nc(-c2ncccn2)nc(NS(=O)(=O)c2ccc(C(C)(C)C)cc2)c1Oc1ccccc1OC. The monoisotopic (exact) mass is 555 g/mol. The molecule has 2 N–H and O–H groups in total. The van der Waals surface area contributed by atoms with Crippen LogP contribution in [0, 0.1) is 0 Å². The summed E-state index contributed by atoms with van der Waals surface area (Å²) in [6.07, 6.45) is 2.75. The first kappa shape index (κ1) is 22.7. The number of para-hydroxylation sites is 2. The Morgan fingerprint density at radius 1 is 0.949 bits per heavy atom. The van der Waals surface area contributed by atoms with E-state index in [2.05, 4.69) is 24.7 Å². The van der Waals surface area contributed by atoms with Crippen LogP contribution in [0.15, 0.2) is 71.9 Å². The van der Waals surface area contributed by atoms with E-state index in [-0.39, 0.29) is 33.5 Å². The first-order valence-corrected chi connectivity index (χ1v) is 13.1. The van der Waals surface area contributed by atoms with E-state index in [0.29, 0.717) is 0 Å². The van der Waals surface area contributed by atoms with E-state index in [1.54, 1.807) is 30.3 Å². The Morgan fingerprint density at radius 2 is 1.62 bits per heavy atom. The minimum atomic E-state index is -4.36. The van der Waals surface area contributed by atoms with Gasteiger partial charge in [0, 0.05) is 12.4 Å². The van der Waals surface area contributed by atoms with Crippen LogP contribution in [0.2, 0.25) is 0 Å². The highest BCUT2D eigenvalue weighted by Gasteiger charge is 2.26. The van der Waals surface area contributed by atoms with Gasteiger partial charge in [0.2, 0.25) is 11.6 Å². The van der Waals surface area contributed by atoms with Crippen LogP contribution < -0.4 is 18.9 Å². The molecule has 4 rings (SSSR count). The molecular weight excluding hydrogens is 522 g/mol. The molecule has 0 saturated carbocycles. The van der Waals surface area contributed by atoms with Gasteiger partial charge in [0.15, 0.2) is 23.1 Å². The molecule has 0 amide bonds. The van der Waals surface area contributed by atoms with Gasteiger partial charge >= 0.3 is 0 Å². The third-order valence-electron chi connectivity index (χ3n) is 5.34. The molecule has 2 aromatic carbocycles. The Bertz CT molecular complexity index is 1700. The largest absolute Gasteiger partial charge is 0.493 e. The summed E-state index contributed by atoms with van der Waals surface area (Å²) in [4.78, 5) is 16.4. The lowest BCUT2D eigenvalue weighted by Crippen LogP contribution is -2.17. The van der Waals surface area contributed by atoms with Gasteiger partial charge in [0.1, 0.15) is 6.56 Å². The van der Waals surface area contributed by atoms with E-state index in [1.165, 1.54) is 43.8 Å². The molecular formula is C27H29N5O6S. The molecule has 2 aromatic heterocycles. The van der Waals surface area contributed by atoms with Gasteiger partial charge in [-0.05, 0) is 41.3 Å². The third-order valence-corrected chi connectivity index (χ3v) is 6.69. The summed E-state index contributed by atoms with van der Waals surface area (Å²) in [5.74, 6) is -2.04. The number of methoxy groups -OCH3 is 1. The number of hydrogen-bond donors (Lipinski definition) is 2. The normalized spacial score (nSPS) is 13.9. The molecule has 0 aliphatic carbocycles. The minimum absolute atomic E-state index is 0.0321. The summed E-state index contributed by atoms with van der Waals surface area (Å²) in [6.45, 7) is -0.955. The Labute approximate surface area is 232 Å². The molecule has 0 fully saturated rings. The molecule has 12 heteroatoms. The number of aliphatic hydroxyl groups is 1. The standard InChI is InChI=1S/C27H29N5O6S/c1-27(2,3)18-10-12-19(13-11-18)39(34,35)32-23-22(38-21-9-6-5-8-20(21)36-4)26(37-17-16-33)31-25(30-23)24-28-14-7-15-29-24/h5-15,33H,16-17H2,1-4H3,(H,30,31,32)/i16D2,17D2. The second-order valence-corrected chi connectivity index (χ2v) is 10.7. The average Bonchev–Trinajstić information content (AvgIpc) is 2.94. The third kappa shape index (κ3) is 6.59. The zero-order chi connectivity index (χ0) is 31.6. The predicted octanol–water partition coefficient (Wildman–Crippen LogP) is 4.20. The maximum atomic E-state index is 13.6. The summed E-state index contributed by atoms with van der Waals surface area (Å²) in [6, 6.07) is 14.0. The van der Waals surface area contributed by atoms with E-state index in [0.717, 1.165) is 5.56 Å². The number of nitrogens with zero attached hydrogens (tertiary/aromatic N) is 4. The van der Waals surface area contributed by atoms with Crippen LogP contribution in [0.1, 0.15) is 31.8 Å². The van der Waals surface area contributed by atoms with Crippen molar-refractivity contribution in [2.75, 3.05) is 24.9 Å². The summed E-state index contributed by atoms with van der Waals surface area (Å²) in [5.41, 5.74) is 0.666. The number of anilines is 1. The van der Waals surface area contributed by atoms with Gasteiger partial charge in [-0.3, -0.25) is 4.72 Å². The lowest BCUT2D eigenvalue weighted by atomic mass is 9.87. The van der Waals surface area contributed by atoms with Crippen LogP contribution in [0.5, 0.6) is 23.1 Å². The van der Waals surface area contributed by atoms with Crippen molar-refractivity contribution in [2.24, 2.45) is 0 Å². The number of nitrogens with one attached hydrogen (secondary N) is 1. The van der Waals surface area contributed by atoms with Crippen LogP contribution >= 0.6 is 0 Å². The van der Waals surface area contributed by atoms with E-state index in [9.17, 15) is 13.5 Å². The molecule has 204 valence electrons. The van der Waals surface area contributed by atoms with Crippen molar-refractivity contribution in [3.8, 4) is 34.8 Å². The molecule has 0 atom stereocenters. The topological polar surface area (TPSA) is 146 Å². The van der Waals surface area contributed by atoms with E-state index < -0.39 is 40.6 Å². The van der Waals surface area contributed by atoms with Gasteiger partial charge in [0.25, 0.3) is 15.9 Å². The van der Waals surface area contributed by atoms with Crippen molar-refractivity contribution in [3.63, 3.8) is 0 Å². The van der Waals surface area contributed by atoms with E-state index in [4.69, 9.17) is 19.7 Å². The Morgan fingerprint density at radius 3 is 2.23 bits per heavy atom. The van der Waals surface area contributed by atoms with Gasteiger partial charge in [-0.15, -0.1) is 0 Å². The number of sulfonamides is 1. The fourth-order valence-corrected chi connectivity index (χ4v) is 4.38. The number of aromatic nitrogens is 4. The van der Waals surface area contributed by atoms with Gasteiger partial charge in [-0.2, -0.15) is 4.98 Å². The molecule has 0 aliphatic heterocycles. The van der Waals surface area contributed by atoms with E-state index in [1.807, 2.05) is 20.8 Å². The fraction of sp³-hybridized carbons (Fsp3) is 0.259.